The number of carboxylic acids is 1. The second-order valence-corrected chi connectivity index (χ2v) is 5.55. The van der Waals surface area contributed by atoms with Crippen molar-refractivity contribution in [3.05, 3.63) is 17.7 Å². The summed E-state index contributed by atoms with van der Waals surface area (Å²) < 4.78 is 10.8. The minimum Gasteiger partial charge on any atom is -0.493 e. The number of benzene rings is 1. The first-order valence-corrected chi connectivity index (χ1v) is 6.08. The lowest BCUT2D eigenvalue weighted by molar-refractivity contribution is 0.0697. The standard InChI is InChI=1S/C14H21NO4/c1-14(2,3)5-6-19-12-7-9(13(16)17)10(15)8-11(12)18-4/h7-8H,5-6,15H2,1-4H3,(H,16,17). The number of methoxy groups -OCH3 is 1. The van der Waals surface area contributed by atoms with Crippen molar-refractivity contribution >= 4 is 11.7 Å². The Morgan fingerprint density at radius 3 is 2.42 bits per heavy atom. The van der Waals surface area contributed by atoms with Crippen LogP contribution in [-0.4, -0.2) is 24.8 Å². The Labute approximate surface area is 113 Å². The molecular weight excluding hydrogens is 246 g/mol. The number of hydrogen-bond acceptors (Lipinski definition) is 4. The Morgan fingerprint density at radius 2 is 1.95 bits per heavy atom. The van der Waals surface area contributed by atoms with Gasteiger partial charge < -0.3 is 20.3 Å². The molecule has 0 spiro atoms. The van der Waals surface area contributed by atoms with Gasteiger partial charge in [-0.3, -0.25) is 0 Å². The predicted molar refractivity (Wildman–Crippen MR) is 73.9 cm³/mol. The lowest BCUT2D eigenvalue weighted by atomic mass is 9.93. The zero-order valence-corrected chi connectivity index (χ0v) is 11.8. The summed E-state index contributed by atoms with van der Waals surface area (Å²) in [4.78, 5) is 11.0. The first kappa shape index (κ1) is 15.1. The quantitative estimate of drug-likeness (QED) is 0.802. The number of anilines is 1. The highest BCUT2D eigenvalue weighted by Gasteiger charge is 2.16. The Hall–Kier alpha value is -1.91. The third kappa shape index (κ3) is 4.35. The van der Waals surface area contributed by atoms with Crippen molar-refractivity contribution in [2.24, 2.45) is 5.41 Å². The van der Waals surface area contributed by atoms with Gasteiger partial charge in [0.1, 0.15) is 0 Å². The number of aromatic carboxylic acids is 1. The molecule has 0 heterocycles. The molecule has 0 aliphatic carbocycles. The Morgan fingerprint density at radius 1 is 1.32 bits per heavy atom. The summed E-state index contributed by atoms with van der Waals surface area (Å²) in [5.74, 6) is -0.240. The maximum Gasteiger partial charge on any atom is 0.337 e. The van der Waals surface area contributed by atoms with Crippen LogP contribution in [0.3, 0.4) is 0 Å². The van der Waals surface area contributed by atoms with E-state index in [2.05, 4.69) is 20.8 Å². The average Bonchev–Trinajstić information content (AvgIpc) is 2.28. The number of ether oxygens (including phenoxy) is 2. The van der Waals surface area contributed by atoms with Gasteiger partial charge in [0, 0.05) is 12.1 Å². The van der Waals surface area contributed by atoms with E-state index in [1.165, 1.54) is 19.2 Å². The number of carboxylic acid groups (broad SMARTS) is 1. The highest BCUT2D eigenvalue weighted by molar-refractivity contribution is 5.94. The van der Waals surface area contributed by atoms with Crippen LogP contribution in [-0.2, 0) is 0 Å². The Kier molecular flexibility index (Phi) is 4.64. The van der Waals surface area contributed by atoms with E-state index in [1.54, 1.807) is 0 Å². The van der Waals surface area contributed by atoms with Gasteiger partial charge in [0.25, 0.3) is 0 Å². The third-order valence-electron chi connectivity index (χ3n) is 2.68. The van der Waals surface area contributed by atoms with Crippen molar-refractivity contribution in [3.8, 4) is 11.5 Å². The van der Waals surface area contributed by atoms with E-state index in [9.17, 15) is 4.79 Å². The van der Waals surface area contributed by atoms with Crippen molar-refractivity contribution in [2.75, 3.05) is 19.5 Å². The first-order chi connectivity index (χ1) is 8.74. The summed E-state index contributed by atoms with van der Waals surface area (Å²) in [7, 11) is 1.49. The fraction of sp³-hybridized carbons (Fsp3) is 0.500. The maximum atomic E-state index is 11.0. The van der Waals surface area contributed by atoms with Crippen molar-refractivity contribution in [2.45, 2.75) is 27.2 Å². The van der Waals surface area contributed by atoms with Crippen molar-refractivity contribution in [1.29, 1.82) is 0 Å². The normalized spacial score (nSPS) is 11.2. The SMILES string of the molecule is COc1cc(N)c(C(=O)O)cc1OCCC(C)(C)C. The third-order valence-corrected chi connectivity index (χ3v) is 2.68. The molecule has 0 atom stereocenters. The van der Waals surface area contributed by atoms with Gasteiger partial charge in [0.15, 0.2) is 11.5 Å². The van der Waals surface area contributed by atoms with E-state index in [0.717, 1.165) is 6.42 Å². The van der Waals surface area contributed by atoms with Crippen molar-refractivity contribution < 1.29 is 19.4 Å². The maximum absolute atomic E-state index is 11.0. The molecule has 106 valence electrons. The molecule has 0 unspecified atom stereocenters. The highest BCUT2D eigenvalue weighted by Crippen LogP contribution is 2.33. The highest BCUT2D eigenvalue weighted by atomic mass is 16.5. The van der Waals surface area contributed by atoms with E-state index in [1.807, 2.05) is 0 Å². The number of nitrogens with two attached hydrogens (primary N) is 1. The molecule has 0 aliphatic rings. The molecule has 1 aromatic carbocycles. The molecule has 0 saturated carbocycles. The van der Waals surface area contributed by atoms with Crippen LogP contribution >= 0.6 is 0 Å². The van der Waals surface area contributed by atoms with Crippen LogP contribution in [0.15, 0.2) is 12.1 Å². The number of hydrogen-bond donors (Lipinski definition) is 2. The fourth-order valence-corrected chi connectivity index (χ4v) is 1.50. The minimum atomic E-state index is -1.08. The molecule has 1 rings (SSSR count). The van der Waals surface area contributed by atoms with Crippen LogP contribution in [0, 0.1) is 5.41 Å². The second kappa shape index (κ2) is 5.82. The van der Waals surface area contributed by atoms with E-state index in [0.29, 0.717) is 18.1 Å². The van der Waals surface area contributed by atoms with Crippen LogP contribution < -0.4 is 15.2 Å². The summed E-state index contributed by atoms with van der Waals surface area (Å²) in [6.45, 7) is 6.82. The largest absolute Gasteiger partial charge is 0.493 e. The molecule has 1 aromatic rings. The van der Waals surface area contributed by atoms with E-state index >= 15 is 0 Å². The fourth-order valence-electron chi connectivity index (χ4n) is 1.50. The molecule has 3 N–H and O–H groups in total. The van der Waals surface area contributed by atoms with Crippen LogP contribution in [0.4, 0.5) is 5.69 Å². The van der Waals surface area contributed by atoms with Crippen LogP contribution in [0.1, 0.15) is 37.6 Å². The molecular formula is C14H21NO4. The summed E-state index contributed by atoms with van der Waals surface area (Å²) in [5.41, 5.74) is 5.98. The average molecular weight is 267 g/mol. The van der Waals surface area contributed by atoms with Gasteiger partial charge in [-0.15, -0.1) is 0 Å². The molecule has 5 heteroatoms. The molecule has 0 amide bonds. The van der Waals surface area contributed by atoms with Gasteiger partial charge in [-0.05, 0) is 11.8 Å². The first-order valence-electron chi connectivity index (χ1n) is 6.08. The topological polar surface area (TPSA) is 81.8 Å². The summed E-state index contributed by atoms with van der Waals surface area (Å²) in [6.07, 6.45) is 0.850. The number of nitrogen functional groups attached to an aromatic ring is 1. The summed E-state index contributed by atoms with van der Waals surface area (Å²) in [6, 6.07) is 2.87. The number of rotatable bonds is 5. The van der Waals surface area contributed by atoms with Gasteiger partial charge in [-0.1, -0.05) is 20.8 Å². The Bertz CT molecular complexity index is 463. The molecule has 0 radical (unpaired) electrons. The minimum absolute atomic E-state index is 0.0200. The van der Waals surface area contributed by atoms with E-state index in [-0.39, 0.29) is 16.7 Å². The summed E-state index contributed by atoms with van der Waals surface area (Å²) in [5, 5.41) is 9.03. The van der Waals surface area contributed by atoms with Crippen LogP contribution in [0.25, 0.3) is 0 Å². The van der Waals surface area contributed by atoms with E-state index in [4.69, 9.17) is 20.3 Å². The molecule has 0 bridgehead atoms. The van der Waals surface area contributed by atoms with Crippen molar-refractivity contribution in [3.63, 3.8) is 0 Å². The lowest BCUT2D eigenvalue weighted by Gasteiger charge is -2.19. The smallest absolute Gasteiger partial charge is 0.337 e. The van der Waals surface area contributed by atoms with Gasteiger partial charge in [-0.2, -0.15) is 0 Å². The lowest BCUT2D eigenvalue weighted by Crippen LogP contribution is -2.12. The molecule has 0 aliphatic heterocycles. The number of carbonyl (C=O) groups is 1. The zero-order valence-electron chi connectivity index (χ0n) is 11.8. The molecule has 0 fully saturated rings. The van der Waals surface area contributed by atoms with Gasteiger partial charge in [-0.25, -0.2) is 4.79 Å². The van der Waals surface area contributed by atoms with Crippen LogP contribution in [0.5, 0.6) is 11.5 Å². The predicted octanol–water partition coefficient (Wildman–Crippen LogP) is 2.79. The van der Waals surface area contributed by atoms with Crippen molar-refractivity contribution in [1.82, 2.24) is 0 Å². The summed E-state index contributed by atoms with van der Waals surface area (Å²) >= 11 is 0. The molecule has 5 nitrogen and oxygen atoms in total. The molecule has 19 heavy (non-hydrogen) atoms. The van der Waals surface area contributed by atoms with Crippen LogP contribution in [0.2, 0.25) is 0 Å². The van der Waals surface area contributed by atoms with E-state index < -0.39 is 5.97 Å². The van der Waals surface area contributed by atoms with Gasteiger partial charge in [0.2, 0.25) is 0 Å². The van der Waals surface area contributed by atoms with Gasteiger partial charge in [0.05, 0.1) is 25.0 Å². The molecule has 0 aromatic heterocycles. The Balaban J connectivity index is 2.92. The van der Waals surface area contributed by atoms with Gasteiger partial charge >= 0.3 is 5.97 Å². The monoisotopic (exact) mass is 267 g/mol. The molecule has 0 saturated heterocycles. The second-order valence-electron chi connectivity index (χ2n) is 5.55. The zero-order chi connectivity index (χ0) is 14.6.